The number of hydrogen-bond donors (Lipinski definition) is 1. The first-order valence-corrected chi connectivity index (χ1v) is 9.24. The number of carbonyl (C=O) groups excluding carboxylic acids is 1. The first-order chi connectivity index (χ1) is 10.2. The highest BCUT2D eigenvalue weighted by atomic mass is 35.5. The van der Waals surface area contributed by atoms with E-state index >= 15 is 0 Å². The van der Waals surface area contributed by atoms with Crippen molar-refractivity contribution in [2.24, 2.45) is 16.7 Å². The maximum absolute atomic E-state index is 13.3. The molecule has 0 aromatic carbocycles. The van der Waals surface area contributed by atoms with Gasteiger partial charge in [0.05, 0.1) is 5.41 Å². The lowest BCUT2D eigenvalue weighted by Crippen LogP contribution is -2.49. The molecular weight excluding hydrogens is 296 g/mol. The Labute approximate surface area is 141 Å². The van der Waals surface area contributed by atoms with E-state index < -0.39 is 0 Å². The molecule has 4 fully saturated rings. The fraction of sp³-hybridized carbons (Fsp3) is 0.944. The molecule has 0 bridgehead atoms. The minimum Gasteiger partial charge on any atom is -0.342 e. The van der Waals surface area contributed by atoms with E-state index in [1.807, 2.05) is 0 Å². The van der Waals surface area contributed by atoms with Crippen molar-refractivity contribution in [3.8, 4) is 0 Å². The third kappa shape index (κ3) is 2.58. The third-order valence-corrected chi connectivity index (χ3v) is 7.10. The molecule has 22 heavy (non-hydrogen) atoms. The maximum atomic E-state index is 13.3. The summed E-state index contributed by atoms with van der Waals surface area (Å²) in [6.07, 6.45) is 13.2. The van der Waals surface area contributed by atoms with E-state index in [0.717, 1.165) is 32.6 Å². The minimum atomic E-state index is -0.0293. The standard InChI is InChI=1S/C18H30N2O.ClH/c21-16(18-9-5-2-6-15(18)12-19-13-18)20-11-10-17(14-20)7-3-1-4-8-17;/h15,19H,1-14H2;1H/t15-,18+;/m0./s1. The summed E-state index contributed by atoms with van der Waals surface area (Å²) in [5.41, 5.74) is 0.471. The van der Waals surface area contributed by atoms with Crippen LogP contribution >= 0.6 is 12.4 Å². The van der Waals surface area contributed by atoms with E-state index in [1.54, 1.807) is 0 Å². The predicted molar refractivity (Wildman–Crippen MR) is 91.2 cm³/mol. The molecule has 0 radical (unpaired) electrons. The Hall–Kier alpha value is -0.280. The second kappa shape index (κ2) is 6.32. The molecule has 1 amide bonds. The molecule has 126 valence electrons. The second-order valence-electron chi connectivity index (χ2n) is 8.27. The normalized spacial score (nSPS) is 36.9. The molecule has 0 aromatic rings. The first-order valence-electron chi connectivity index (χ1n) is 9.24. The molecule has 4 aliphatic rings. The summed E-state index contributed by atoms with van der Waals surface area (Å²) in [6.45, 7) is 4.12. The number of nitrogens with zero attached hydrogens (tertiary/aromatic N) is 1. The molecule has 1 N–H and O–H groups in total. The van der Waals surface area contributed by atoms with Gasteiger partial charge in [0.1, 0.15) is 0 Å². The maximum Gasteiger partial charge on any atom is 0.230 e. The number of carbonyl (C=O) groups is 1. The molecule has 3 nitrogen and oxygen atoms in total. The van der Waals surface area contributed by atoms with Crippen molar-refractivity contribution in [3.05, 3.63) is 0 Å². The fourth-order valence-corrected chi connectivity index (χ4v) is 5.80. The molecule has 4 rings (SSSR count). The van der Waals surface area contributed by atoms with Crippen LogP contribution < -0.4 is 5.32 Å². The van der Waals surface area contributed by atoms with Crippen LogP contribution in [0.15, 0.2) is 0 Å². The van der Waals surface area contributed by atoms with Crippen LogP contribution in [0.2, 0.25) is 0 Å². The zero-order valence-corrected chi connectivity index (χ0v) is 14.6. The first kappa shape index (κ1) is 16.6. The largest absolute Gasteiger partial charge is 0.342 e. The molecule has 2 saturated heterocycles. The molecule has 0 aromatic heterocycles. The molecule has 2 aliphatic heterocycles. The van der Waals surface area contributed by atoms with Gasteiger partial charge in [0, 0.05) is 19.6 Å². The van der Waals surface area contributed by atoms with Gasteiger partial charge in [0.25, 0.3) is 0 Å². The summed E-state index contributed by atoms with van der Waals surface area (Å²) < 4.78 is 0. The number of amides is 1. The number of halogens is 1. The Morgan fingerprint density at radius 3 is 2.59 bits per heavy atom. The zero-order chi connectivity index (χ0) is 14.3. The Morgan fingerprint density at radius 2 is 1.77 bits per heavy atom. The third-order valence-electron chi connectivity index (χ3n) is 7.10. The van der Waals surface area contributed by atoms with Crippen molar-refractivity contribution in [1.82, 2.24) is 10.2 Å². The van der Waals surface area contributed by atoms with E-state index in [2.05, 4.69) is 10.2 Å². The second-order valence-corrected chi connectivity index (χ2v) is 8.27. The molecule has 2 aliphatic carbocycles. The summed E-state index contributed by atoms with van der Waals surface area (Å²) in [5, 5.41) is 3.53. The molecule has 2 heterocycles. The highest BCUT2D eigenvalue weighted by Crippen LogP contribution is 2.48. The SMILES string of the molecule is Cl.O=C(N1CCC2(CCCCC2)C1)[C@@]12CCCC[C@H]1CNC2. The van der Waals surface area contributed by atoms with Gasteiger partial charge in [0.15, 0.2) is 0 Å². The van der Waals surface area contributed by atoms with E-state index in [9.17, 15) is 4.79 Å². The van der Waals surface area contributed by atoms with Crippen LogP contribution in [0, 0.1) is 16.7 Å². The van der Waals surface area contributed by atoms with Crippen molar-refractivity contribution in [1.29, 1.82) is 0 Å². The van der Waals surface area contributed by atoms with Gasteiger partial charge in [-0.05, 0) is 50.0 Å². The molecule has 2 atom stereocenters. The fourth-order valence-electron chi connectivity index (χ4n) is 5.80. The molecule has 2 saturated carbocycles. The number of fused-ring (bicyclic) bond motifs is 1. The van der Waals surface area contributed by atoms with Crippen molar-refractivity contribution >= 4 is 18.3 Å². The Bertz CT molecular complexity index is 421. The van der Waals surface area contributed by atoms with Crippen LogP contribution in [0.3, 0.4) is 0 Å². The van der Waals surface area contributed by atoms with Gasteiger partial charge in [-0.1, -0.05) is 32.1 Å². The van der Waals surface area contributed by atoms with Crippen LogP contribution in [-0.4, -0.2) is 37.0 Å². The van der Waals surface area contributed by atoms with Gasteiger partial charge in [-0.25, -0.2) is 0 Å². The summed E-state index contributed by atoms with van der Waals surface area (Å²) in [5.74, 6) is 1.13. The van der Waals surface area contributed by atoms with E-state index in [1.165, 1.54) is 57.8 Å². The monoisotopic (exact) mass is 326 g/mol. The van der Waals surface area contributed by atoms with E-state index in [0.29, 0.717) is 17.2 Å². The Kier molecular flexibility index (Phi) is 4.76. The predicted octanol–water partition coefficient (Wildman–Crippen LogP) is 3.37. The molecule has 0 unspecified atom stereocenters. The zero-order valence-electron chi connectivity index (χ0n) is 13.7. The van der Waals surface area contributed by atoms with Crippen molar-refractivity contribution in [2.75, 3.05) is 26.2 Å². The number of hydrogen-bond acceptors (Lipinski definition) is 2. The Morgan fingerprint density at radius 1 is 1.00 bits per heavy atom. The van der Waals surface area contributed by atoms with Crippen LogP contribution in [0.5, 0.6) is 0 Å². The smallest absolute Gasteiger partial charge is 0.230 e. The van der Waals surface area contributed by atoms with Crippen LogP contribution in [-0.2, 0) is 4.79 Å². The molecule has 1 spiro atoms. The van der Waals surface area contributed by atoms with Crippen molar-refractivity contribution < 1.29 is 4.79 Å². The van der Waals surface area contributed by atoms with Gasteiger partial charge in [-0.15, -0.1) is 12.4 Å². The van der Waals surface area contributed by atoms with Gasteiger partial charge >= 0.3 is 0 Å². The number of rotatable bonds is 1. The Balaban J connectivity index is 0.00000144. The average molecular weight is 327 g/mol. The highest BCUT2D eigenvalue weighted by Gasteiger charge is 2.53. The topological polar surface area (TPSA) is 32.3 Å². The minimum absolute atomic E-state index is 0. The van der Waals surface area contributed by atoms with Crippen LogP contribution in [0.25, 0.3) is 0 Å². The lowest BCUT2D eigenvalue weighted by molar-refractivity contribution is -0.144. The van der Waals surface area contributed by atoms with Gasteiger partial charge in [-0.2, -0.15) is 0 Å². The lowest BCUT2D eigenvalue weighted by Gasteiger charge is -2.40. The summed E-state index contributed by atoms with van der Waals surface area (Å²) in [4.78, 5) is 15.6. The lowest BCUT2D eigenvalue weighted by atomic mass is 9.67. The van der Waals surface area contributed by atoms with Crippen LogP contribution in [0.4, 0.5) is 0 Å². The van der Waals surface area contributed by atoms with Crippen molar-refractivity contribution in [3.63, 3.8) is 0 Å². The molecule has 4 heteroatoms. The van der Waals surface area contributed by atoms with Gasteiger partial charge in [0.2, 0.25) is 5.91 Å². The molecular formula is C18H31ClN2O. The highest BCUT2D eigenvalue weighted by molar-refractivity contribution is 5.85. The van der Waals surface area contributed by atoms with E-state index in [-0.39, 0.29) is 17.8 Å². The summed E-state index contributed by atoms with van der Waals surface area (Å²) in [6, 6.07) is 0. The van der Waals surface area contributed by atoms with Gasteiger partial charge < -0.3 is 10.2 Å². The van der Waals surface area contributed by atoms with E-state index in [4.69, 9.17) is 0 Å². The summed E-state index contributed by atoms with van der Waals surface area (Å²) >= 11 is 0. The number of nitrogens with one attached hydrogen (secondary N) is 1. The van der Waals surface area contributed by atoms with Gasteiger partial charge in [-0.3, -0.25) is 4.79 Å². The van der Waals surface area contributed by atoms with Crippen molar-refractivity contribution in [2.45, 2.75) is 64.2 Å². The quantitative estimate of drug-likeness (QED) is 0.801. The average Bonchev–Trinajstić information content (AvgIpc) is 3.13. The van der Waals surface area contributed by atoms with Crippen LogP contribution in [0.1, 0.15) is 64.2 Å². The summed E-state index contributed by atoms with van der Waals surface area (Å²) in [7, 11) is 0. The number of likely N-dealkylation sites (tertiary alicyclic amines) is 1.